The molecule has 3 aromatic carbocycles. The number of phenolic OH excluding ortho intramolecular Hbond substituents is 1. The fraction of sp³-hybridized carbons (Fsp3) is 0.172. The number of aryl methyl sites for hydroxylation is 3. The summed E-state index contributed by atoms with van der Waals surface area (Å²) in [4.78, 5) is 16.2. The fourth-order valence-electron chi connectivity index (χ4n) is 4.12. The molecule has 4 aromatic rings. The van der Waals surface area contributed by atoms with Gasteiger partial charge in [-0.2, -0.15) is 13.2 Å². The van der Waals surface area contributed by atoms with Crippen LogP contribution >= 0.6 is 0 Å². The van der Waals surface area contributed by atoms with Gasteiger partial charge >= 0.3 is 6.18 Å². The van der Waals surface area contributed by atoms with Crippen LogP contribution in [0.3, 0.4) is 0 Å². The van der Waals surface area contributed by atoms with Crippen LogP contribution in [0.2, 0.25) is 0 Å². The Labute approximate surface area is 211 Å². The molecule has 0 aliphatic carbocycles. The average Bonchev–Trinajstić information content (AvgIpc) is 2.83. The van der Waals surface area contributed by atoms with Crippen LogP contribution < -0.4 is 10.3 Å². The highest BCUT2D eigenvalue weighted by Crippen LogP contribution is 2.38. The molecular formula is C29H23F3N2O3. The molecule has 0 fully saturated rings. The molecule has 0 spiro atoms. The summed E-state index contributed by atoms with van der Waals surface area (Å²) in [7, 11) is 0. The van der Waals surface area contributed by atoms with Gasteiger partial charge in [-0.15, -0.1) is 0 Å². The van der Waals surface area contributed by atoms with E-state index in [1.54, 1.807) is 43.3 Å². The number of rotatable bonds is 5. The van der Waals surface area contributed by atoms with Crippen LogP contribution in [-0.4, -0.2) is 9.67 Å². The van der Waals surface area contributed by atoms with Gasteiger partial charge in [0.2, 0.25) is 0 Å². The number of halogens is 3. The number of hydrogen-bond donors (Lipinski definition) is 1. The maximum atomic E-state index is 13.8. The van der Waals surface area contributed by atoms with Crippen LogP contribution in [-0.2, 0) is 12.7 Å². The van der Waals surface area contributed by atoms with E-state index in [1.807, 2.05) is 32.0 Å². The maximum absolute atomic E-state index is 13.8. The van der Waals surface area contributed by atoms with Gasteiger partial charge in [0.1, 0.15) is 17.2 Å². The van der Waals surface area contributed by atoms with Gasteiger partial charge in [0, 0.05) is 5.69 Å². The molecule has 0 bridgehead atoms. The summed E-state index contributed by atoms with van der Waals surface area (Å²) in [5, 5.41) is 9.59. The van der Waals surface area contributed by atoms with Crippen molar-refractivity contribution in [2.45, 2.75) is 33.5 Å². The van der Waals surface area contributed by atoms with E-state index < -0.39 is 23.0 Å². The number of aromatic hydroxyl groups is 1. The summed E-state index contributed by atoms with van der Waals surface area (Å²) < 4.78 is 48.5. The van der Waals surface area contributed by atoms with Gasteiger partial charge in [0.25, 0.3) is 11.2 Å². The molecule has 0 saturated carbocycles. The normalized spacial score (nSPS) is 11.3. The molecule has 0 aliphatic heterocycles. The highest BCUT2D eigenvalue weighted by Gasteiger charge is 2.36. The third kappa shape index (κ3) is 5.36. The van der Waals surface area contributed by atoms with Crippen molar-refractivity contribution in [1.82, 2.24) is 4.57 Å². The molecule has 8 heteroatoms. The lowest BCUT2D eigenvalue weighted by atomic mass is 10.0. The molecule has 1 aromatic heterocycles. The van der Waals surface area contributed by atoms with Crippen LogP contribution in [0.4, 0.5) is 18.9 Å². The van der Waals surface area contributed by atoms with Gasteiger partial charge < -0.3 is 14.4 Å². The highest BCUT2D eigenvalue weighted by molar-refractivity contribution is 5.67. The second-order valence-corrected chi connectivity index (χ2v) is 8.80. The molecular weight excluding hydrogens is 481 g/mol. The number of nitrogens with zero attached hydrogens (tertiary/aromatic N) is 2. The molecule has 37 heavy (non-hydrogen) atoms. The van der Waals surface area contributed by atoms with E-state index in [9.17, 15) is 23.1 Å². The molecule has 1 heterocycles. The van der Waals surface area contributed by atoms with Crippen molar-refractivity contribution in [3.8, 4) is 28.5 Å². The van der Waals surface area contributed by atoms with Crippen LogP contribution in [0.25, 0.3) is 16.1 Å². The largest absolute Gasteiger partial charge is 0.508 e. The van der Waals surface area contributed by atoms with Gasteiger partial charge in [-0.25, -0.2) is 4.85 Å². The first kappa shape index (κ1) is 25.6. The molecule has 0 radical (unpaired) electrons. The first-order chi connectivity index (χ1) is 17.5. The van der Waals surface area contributed by atoms with Crippen LogP contribution in [0, 0.1) is 27.3 Å². The van der Waals surface area contributed by atoms with E-state index in [-0.39, 0.29) is 18.0 Å². The molecule has 0 atom stereocenters. The highest BCUT2D eigenvalue weighted by atomic mass is 19.4. The number of benzene rings is 3. The van der Waals surface area contributed by atoms with Crippen LogP contribution in [0.1, 0.15) is 27.8 Å². The Morgan fingerprint density at radius 1 is 0.946 bits per heavy atom. The van der Waals surface area contributed by atoms with Crippen LogP contribution in [0.5, 0.6) is 17.2 Å². The van der Waals surface area contributed by atoms with E-state index in [2.05, 4.69) is 4.85 Å². The van der Waals surface area contributed by atoms with E-state index in [4.69, 9.17) is 11.3 Å². The topological polar surface area (TPSA) is 55.8 Å². The third-order valence-electron chi connectivity index (χ3n) is 6.05. The first-order valence-corrected chi connectivity index (χ1v) is 11.3. The molecule has 4 rings (SSSR count). The zero-order valence-electron chi connectivity index (χ0n) is 20.3. The maximum Gasteiger partial charge on any atom is 0.407 e. The molecule has 0 saturated heterocycles. The van der Waals surface area contributed by atoms with Gasteiger partial charge in [0.05, 0.1) is 18.7 Å². The van der Waals surface area contributed by atoms with Crippen molar-refractivity contribution in [2.75, 3.05) is 0 Å². The average molecular weight is 505 g/mol. The Hall–Kier alpha value is -4.51. The molecule has 188 valence electrons. The SMILES string of the molecule is [C-]#[N+]c1c(C(F)(F)F)cc(-c2ccc(Oc3ccc(O)cc3C)cc2)n(Cc2ccc(C)cc2C)c1=O. The summed E-state index contributed by atoms with van der Waals surface area (Å²) in [6.45, 7) is 12.8. The predicted octanol–water partition coefficient (Wildman–Crippen LogP) is 7.56. The number of alkyl halides is 3. The number of hydrogen-bond acceptors (Lipinski definition) is 3. The van der Waals surface area contributed by atoms with E-state index >= 15 is 0 Å². The van der Waals surface area contributed by atoms with Gasteiger partial charge in [0.15, 0.2) is 0 Å². The summed E-state index contributed by atoms with van der Waals surface area (Å²) in [6.07, 6.45) is -4.87. The Kier molecular flexibility index (Phi) is 6.82. The zero-order valence-corrected chi connectivity index (χ0v) is 20.3. The van der Waals surface area contributed by atoms with Crippen LogP contribution in [0.15, 0.2) is 71.5 Å². The van der Waals surface area contributed by atoms with E-state index in [1.165, 1.54) is 10.6 Å². The van der Waals surface area contributed by atoms with E-state index in [0.29, 0.717) is 22.6 Å². The second kappa shape index (κ2) is 9.86. The Morgan fingerprint density at radius 2 is 1.65 bits per heavy atom. The molecule has 0 aliphatic rings. The summed E-state index contributed by atoms with van der Waals surface area (Å²) in [6, 6.07) is 17.4. The minimum absolute atomic E-state index is 0.00584. The predicted molar refractivity (Wildman–Crippen MR) is 135 cm³/mol. The second-order valence-electron chi connectivity index (χ2n) is 8.80. The number of ether oxygens (including phenoxy) is 1. The van der Waals surface area contributed by atoms with Gasteiger partial charge in [-0.3, -0.25) is 4.79 Å². The summed E-state index contributed by atoms with van der Waals surface area (Å²) in [5.41, 5.74) is 0.541. The van der Waals surface area contributed by atoms with Gasteiger partial charge in [-0.05, 0) is 91.6 Å². The van der Waals surface area contributed by atoms with E-state index in [0.717, 1.165) is 22.8 Å². The van der Waals surface area contributed by atoms with Crippen molar-refractivity contribution in [2.24, 2.45) is 0 Å². The monoisotopic (exact) mass is 504 g/mol. The van der Waals surface area contributed by atoms with Crippen molar-refractivity contribution >= 4 is 5.69 Å². The Morgan fingerprint density at radius 3 is 2.24 bits per heavy atom. The first-order valence-electron chi connectivity index (χ1n) is 11.3. The number of aromatic nitrogens is 1. The standard InChI is InChI=1S/C29H23F3N2O3/c1-17-5-6-21(18(2)13-17)16-34-25(15-24(29(30,31)32)27(33-4)28(34)36)20-7-10-23(11-8-20)37-26-12-9-22(35)14-19(26)3/h5-15,35H,16H2,1-3H3. The van der Waals surface area contributed by atoms with Crippen molar-refractivity contribution in [1.29, 1.82) is 0 Å². The minimum atomic E-state index is -4.87. The minimum Gasteiger partial charge on any atom is -0.508 e. The Bertz CT molecular complexity index is 1580. The quantitative estimate of drug-likeness (QED) is 0.286. The molecule has 0 amide bonds. The third-order valence-corrected chi connectivity index (χ3v) is 6.05. The lowest BCUT2D eigenvalue weighted by molar-refractivity contribution is -0.136. The number of pyridine rings is 1. The number of phenols is 1. The smallest absolute Gasteiger partial charge is 0.407 e. The van der Waals surface area contributed by atoms with Crippen molar-refractivity contribution in [3.63, 3.8) is 0 Å². The lowest BCUT2D eigenvalue weighted by Gasteiger charge is -2.19. The summed E-state index contributed by atoms with van der Waals surface area (Å²) >= 11 is 0. The van der Waals surface area contributed by atoms with Crippen molar-refractivity contribution in [3.05, 3.63) is 116 Å². The molecule has 1 N–H and O–H groups in total. The zero-order chi connectivity index (χ0) is 26.9. The molecule has 5 nitrogen and oxygen atoms in total. The van der Waals surface area contributed by atoms with Gasteiger partial charge in [-0.1, -0.05) is 23.8 Å². The molecule has 0 unspecified atom stereocenters. The Balaban J connectivity index is 1.83. The van der Waals surface area contributed by atoms with Crippen molar-refractivity contribution < 1.29 is 23.0 Å². The lowest BCUT2D eigenvalue weighted by Crippen LogP contribution is -2.25. The fourth-order valence-corrected chi connectivity index (χ4v) is 4.12. The summed E-state index contributed by atoms with van der Waals surface area (Å²) in [5.74, 6) is 1.04.